The van der Waals surface area contributed by atoms with Gasteiger partial charge in [-0.2, -0.15) is 0 Å². The number of hydrogen-bond acceptors (Lipinski definition) is 9. The number of likely N-dealkylation sites (N-methyl/N-ethyl adjacent to an activating group) is 1. The number of amides is 2. The summed E-state index contributed by atoms with van der Waals surface area (Å²) >= 11 is 6.80. The van der Waals surface area contributed by atoms with Crippen molar-refractivity contribution in [2.45, 2.75) is 129 Å². The lowest BCUT2D eigenvalue weighted by Crippen LogP contribution is -2.63. The average molecular weight is 732 g/mol. The van der Waals surface area contributed by atoms with Crippen LogP contribution in [0.3, 0.4) is 0 Å². The molecule has 2 N–H and O–H groups in total. The Kier molecular flexibility index (Phi) is 12.8. The molecule has 3 heterocycles. The molecule has 3 aliphatic rings. The number of carbonyl (C=O) groups excluding carboxylic acids is 3. The molecule has 2 fully saturated rings. The van der Waals surface area contributed by atoms with Crippen LogP contribution in [0.4, 0.5) is 10.5 Å². The van der Waals surface area contributed by atoms with Crippen LogP contribution in [-0.2, 0) is 35.0 Å². The largest absolute Gasteiger partial charge is 0.457 e. The molecule has 1 aromatic carbocycles. The Morgan fingerprint density at radius 3 is 2.55 bits per heavy atom. The topological polar surface area (TPSA) is 130 Å². The van der Waals surface area contributed by atoms with E-state index in [0.717, 1.165) is 29.5 Å². The maximum Gasteiger partial charge on any atom is 0.409 e. The van der Waals surface area contributed by atoms with Gasteiger partial charge in [0.15, 0.2) is 5.72 Å². The number of hydrogen-bond donors (Lipinski definition) is 2. The summed E-state index contributed by atoms with van der Waals surface area (Å²) in [5.41, 5.74) is 0.490. The van der Waals surface area contributed by atoms with E-state index in [2.05, 4.69) is 26.1 Å². The molecular weight excluding hydrogens is 674 g/mol. The zero-order chi connectivity index (χ0) is 38.1. The van der Waals surface area contributed by atoms with E-state index in [1.165, 1.54) is 12.0 Å². The van der Waals surface area contributed by atoms with Crippen LogP contribution in [0.1, 0.15) is 85.3 Å². The van der Waals surface area contributed by atoms with Crippen molar-refractivity contribution < 1.29 is 38.4 Å². The van der Waals surface area contributed by atoms with Gasteiger partial charge >= 0.3 is 12.1 Å². The highest BCUT2D eigenvalue weighted by molar-refractivity contribution is 6.34. The number of nitrogens with zero attached hydrogens (tertiary/aromatic N) is 2. The summed E-state index contributed by atoms with van der Waals surface area (Å²) in [6, 6.07) is 3.30. The molecule has 4 bridgehead atoms. The van der Waals surface area contributed by atoms with Crippen LogP contribution in [0.5, 0.6) is 0 Å². The van der Waals surface area contributed by atoms with E-state index >= 15 is 0 Å². The second kappa shape index (κ2) is 16.0. The molecule has 12 heteroatoms. The maximum absolute atomic E-state index is 14.1. The number of aliphatic hydroxyl groups is 1. The number of allylic oxidation sites excluding steroid dienone is 3. The number of anilines is 1. The molecule has 3 aliphatic heterocycles. The Hall–Kier alpha value is -2.96. The van der Waals surface area contributed by atoms with Crippen LogP contribution < -0.4 is 10.2 Å². The molecule has 51 heavy (non-hydrogen) atoms. The molecule has 284 valence electrons. The molecule has 0 saturated carbocycles. The Morgan fingerprint density at radius 2 is 1.92 bits per heavy atom. The molecule has 0 aliphatic carbocycles. The normalized spacial score (nSPS) is 32.6. The van der Waals surface area contributed by atoms with Crippen LogP contribution in [0, 0.1) is 18.3 Å². The van der Waals surface area contributed by atoms with Gasteiger partial charge in [0, 0.05) is 33.0 Å². The van der Waals surface area contributed by atoms with Crippen molar-refractivity contribution >= 4 is 35.3 Å². The van der Waals surface area contributed by atoms with Crippen molar-refractivity contribution in [1.82, 2.24) is 10.2 Å². The summed E-state index contributed by atoms with van der Waals surface area (Å²) in [6.45, 7) is 16.5. The lowest BCUT2D eigenvalue weighted by Gasteiger charge is -2.42. The summed E-state index contributed by atoms with van der Waals surface area (Å²) in [5.74, 6) is -1.22. The number of esters is 1. The summed E-state index contributed by atoms with van der Waals surface area (Å²) in [7, 11) is 5.04. The Bertz CT molecular complexity index is 1530. The quantitative estimate of drug-likeness (QED) is 0.240. The molecule has 0 radical (unpaired) electrons. The number of fused-ring (bicyclic) bond motifs is 5. The number of benzene rings is 1. The predicted molar refractivity (Wildman–Crippen MR) is 198 cm³/mol. The molecule has 8 atom stereocenters. The van der Waals surface area contributed by atoms with E-state index in [4.69, 9.17) is 30.5 Å². The fourth-order valence-electron chi connectivity index (χ4n) is 7.27. The minimum absolute atomic E-state index is 0.00653. The first kappa shape index (κ1) is 40.8. The molecule has 1 aromatic rings. The number of rotatable bonds is 8. The molecule has 0 aromatic heterocycles. The van der Waals surface area contributed by atoms with Gasteiger partial charge in [0.05, 0.1) is 23.2 Å². The van der Waals surface area contributed by atoms with Crippen LogP contribution in [0.25, 0.3) is 0 Å². The fraction of sp³-hybridized carbons (Fsp3) is 0.667. The van der Waals surface area contributed by atoms with Crippen molar-refractivity contribution in [2.75, 3.05) is 32.6 Å². The second-order valence-corrected chi connectivity index (χ2v) is 15.8. The van der Waals surface area contributed by atoms with Crippen molar-refractivity contribution in [1.29, 1.82) is 0 Å². The lowest BCUT2D eigenvalue weighted by atomic mass is 9.83. The highest BCUT2D eigenvalue weighted by atomic mass is 35.5. The maximum atomic E-state index is 14.1. The minimum atomic E-state index is -1.77. The zero-order valence-electron chi connectivity index (χ0n) is 32.2. The second-order valence-electron chi connectivity index (χ2n) is 15.4. The number of ether oxygens (including phenoxy) is 4. The molecule has 0 unspecified atom stereocenters. The van der Waals surface area contributed by atoms with E-state index < -0.39 is 59.8 Å². The third-order valence-corrected chi connectivity index (χ3v) is 12.0. The monoisotopic (exact) mass is 731 g/mol. The van der Waals surface area contributed by atoms with Gasteiger partial charge < -0.3 is 29.0 Å². The molecule has 11 nitrogen and oxygen atoms in total. The Balaban J connectivity index is 1.74. The van der Waals surface area contributed by atoms with Gasteiger partial charge in [-0.3, -0.25) is 19.8 Å². The van der Waals surface area contributed by atoms with E-state index in [1.54, 1.807) is 19.2 Å². The number of carbonyl (C=O) groups is 3. The number of halogens is 1. The third kappa shape index (κ3) is 8.99. The highest BCUT2D eigenvalue weighted by Crippen LogP contribution is 2.49. The molecule has 0 spiro atoms. The van der Waals surface area contributed by atoms with E-state index in [1.807, 2.05) is 64.8 Å². The van der Waals surface area contributed by atoms with E-state index in [-0.39, 0.29) is 24.2 Å². The molecule has 4 rings (SSSR count). The predicted octanol–water partition coefficient (Wildman–Crippen LogP) is 6.11. The van der Waals surface area contributed by atoms with Crippen molar-refractivity contribution in [3.63, 3.8) is 0 Å². The lowest BCUT2D eigenvalue weighted by molar-refractivity contribution is -0.159. The minimum Gasteiger partial charge on any atom is -0.457 e. The third-order valence-electron chi connectivity index (χ3n) is 11.5. The standard InChI is InChI=1S/C39H58ClN3O8/c1-12-37(7,13-2)22-42(9)26(6)35(45)50-31-20-32(44)43(10)28-19-27(18-24(4)33(28)40)17-23(3)15-14-16-30(48-11)39(47)21-29(49-36(46)41-39)25(5)34-38(31,8)51-34/h14-16,18-19,25-26,29-31,34,47H,12-13,17,20-22H2,1-11H3,(H,41,46)/b16-14+,23-15+/t25-,26+,29+,30-,31+,34+,38+,39+/m1/s1. The first-order valence-corrected chi connectivity index (χ1v) is 18.4. The van der Waals surface area contributed by atoms with Gasteiger partial charge in [0.2, 0.25) is 5.91 Å². The van der Waals surface area contributed by atoms with Gasteiger partial charge in [-0.1, -0.05) is 69.2 Å². The van der Waals surface area contributed by atoms with Gasteiger partial charge in [0.1, 0.15) is 30.0 Å². The number of nitrogens with one attached hydrogen (secondary N) is 1. The first-order chi connectivity index (χ1) is 23.8. The molecular formula is C39H58ClN3O8. The number of epoxide rings is 1. The van der Waals surface area contributed by atoms with Gasteiger partial charge in [0.25, 0.3) is 0 Å². The van der Waals surface area contributed by atoms with E-state index in [9.17, 15) is 19.5 Å². The van der Waals surface area contributed by atoms with Crippen LogP contribution in [-0.4, -0.2) is 97.5 Å². The Morgan fingerprint density at radius 1 is 1.25 bits per heavy atom. The Labute approximate surface area is 308 Å². The SMILES string of the molecule is CCC(C)(CC)CN(C)[C@@H](C)C(=O)O[C@H]1CC(=O)N(C)c2cc(cc(C)c2Cl)C/C(C)=C/C=C/[C@@H](OC)[C@@]2(O)C[C@H](OC(=O)N2)[C@@H](C)[C@@H]2O[C@@]12C. The van der Waals surface area contributed by atoms with Crippen LogP contribution in [0.2, 0.25) is 5.02 Å². The summed E-state index contributed by atoms with van der Waals surface area (Å²) in [6.07, 6.45) is 3.73. The van der Waals surface area contributed by atoms with Crippen molar-refractivity contribution in [3.8, 4) is 0 Å². The highest BCUT2D eigenvalue weighted by Gasteiger charge is 2.64. The van der Waals surface area contributed by atoms with E-state index in [0.29, 0.717) is 23.7 Å². The molecule has 2 saturated heterocycles. The number of aryl methyl sites for hydroxylation is 1. The average Bonchev–Trinajstić information content (AvgIpc) is 3.77. The number of alkyl carbamates (subject to hydrolysis) is 1. The summed E-state index contributed by atoms with van der Waals surface area (Å²) in [5, 5.41) is 14.7. The fourth-order valence-corrected chi connectivity index (χ4v) is 7.51. The van der Waals surface area contributed by atoms with Crippen molar-refractivity contribution in [2.24, 2.45) is 11.3 Å². The van der Waals surface area contributed by atoms with Crippen LogP contribution in [0.15, 0.2) is 35.9 Å². The summed E-state index contributed by atoms with van der Waals surface area (Å²) < 4.78 is 23.9. The smallest absolute Gasteiger partial charge is 0.409 e. The van der Waals surface area contributed by atoms with Gasteiger partial charge in [-0.15, -0.1) is 0 Å². The van der Waals surface area contributed by atoms with Crippen LogP contribution >= 0.6 is 11.6 Å². The summed E-state index contributed by atoms with van der Waals surface area (Å²) in [4.78, 5) is 44.3. The zero-order valence-corrected chi connectivity index (χ0v) is 32.9. The van der Waals surface area contributed by atoms with Gasteiger partial charge in [-0.25, -0.2) is 4.79 Å². The first-order valence-electron chi connectivity index (χ1n) is 18.0. The van der Waals surface area contributed by atoms with Gasteiger partial charge in [-0.05, 0) is 76.6 Å². The van der Waals surface area contributed by atoms with Crippen molar-refractivity contribution in [3.05, 3.63) is 52.1 Å². The number of methoxy groups -OCH3 is 1. The molecule has 2 amide bonds.